The number of aromatic nitrogens is 1. The van der Waals surface area contributed by atoms with Crippen LogP contribution < -0.4 is 5.32 Å². The van der Waals surface area contributed by atoms with Crippen LogP contribution >= 0.6 is 23.2 Å². The molecule has 3 rings (SSSR count). The third-order valence-corrected chi connectivity index (χ3v) is 5.80. The van der Waals surface area contributed by atoms with Crippen LogP contribution in [0.2, 0.25) is 10.0 Å². The van der Waals surface area contributed by atoms with Crippen molar-refractivity contribution in [3.8, 4) is 0 Å². The highest BCUT2D eigenvalue weighted by Crippen LogP contribution is 2.41. The van der Waals surface area contributed by atoms with E-state index in [1.807, 2.05) is 0 Å². The minimum atomic E-state index is -4.76. The Bertz CT molecular complexity index is 931. The molecule has 0 spiro atoms. The number of amides is 1. The largest absolute Gasteiger partial charge is 0.417 e. The molecule has 0 unspecified atom stereocenters. The van der Waals surface area contributed by atoms with Gasteiger partial charge >= 0.3 is 6.18 Å². The average Bonchev–Trinajstić information content (AvgIpc) is 2.67. The number of aliphatic hydroxyl groups is 1. The van der Waals surface area contributed by atoms with Crippen molar-refractivity contribution in [1.82, 2.24) is 10.3 Å². The van der Waals surface area contributed by atoms with Crippen LogP contribution in [0.1, 0.15) is 53.3 Å². The first-order valence-corrected chi connectivity index (χ1v) is 9.91. The summed E-state index contributed by atoms with van der Waals surface area (Å²) in [7, 11) is 0. The van der Waals surface area contributed by atoms with Gasteiger partial charge in [0, 0.05) is 11.2 Å². The molecule has 0 saturated heterocycles. The van der Waals surface area contributed by atoms with Crippen LogP contribution in [0.3, 0.4) is 0 Å². The molecule has 1 aliphatic carbocycles. The summed E-state index contributed by atoms with van der Waals surface area (Å²) < 4.78 is 53.0. The van der Waals surface area contributed by atoms with Gasteiger partial charge in [-0.2, -0.15) is 13.2 Å². The summed E-state index contributed by atoms with van der Waals surface area (Å²) in [6.07, 6.45) is -4.72. The summed E-state index contributed by atoms with van der Waals surface area (Å²) >= 11 is 11.8. The monoisotopic (exact) mass is 464 g/mol. The number of rotatable bonds is 4. The van der Waals surface area contributed by atoms with Gasteiger partial charge < -0.3 is 10.4 Å². The Balaban J connectivity index is 1.97. The topological polar surface area (TPSA) is 62.2 Å². The zero-order valence-corrected chi connectivity index (χ0v) is 17.0. The molecule has 10 heteroatoms. The molecule has 1 amide bonds. The number of nitrogens with one attached hydrogen (secondary N) is 1. The van der Waals surface area contributed by atoms with Gasteiger partial charge in [-0.05, 0) is 49.4 Å². The predicted octanol–water partition coefficient (Wildman–Crippen LogP) is 5.52. The maximum atomic E-state index is 13.6. The smallest absolute Gasteiger partial charge is 0.387 e. The zero-order valence-electron chi connectivity index (χ0n) is 15.5. The van der Waals surface area contributed by atoms with Crippen LogP contribution in [0.25, 0.3) is 0 Å². The maximum absolute atomic E-state index is 13.6. The van der Waals surface area contributed by atoms with E-state index in [9.17, 15) is 27.5 Å². The van der Waals surface area contributed by atoms with Gasteiger partial charge in [0.05, 0.1) is 22.2 Å². The molecule has 1 atom stereocenters. The van der Waals surface area contributed by atoms with E-state index in [4.69, 9.17) is 23.2 Å². The van der Waals surface area contributed by atoms with E-state index < -0.39 is 46.2 Å². The number of carbonyl (C=O) groups is 1. The Labute approximate surface area is 180 Å². The Morgan fingerprint density at radius 1 is 1.23 bits per heavy atom. The van der Waals surface area contributed by atoms with Crippen molar-refractivity contribution in [2.45, 2.75) is 49.7 Å². The van der Waals surface area contributed by atoms with Gasteiger partial charge in [-0.3, -0.25) is 4.79 Å². The summed E-state index contributed by atoms with van der Waals surface area (Å²) in [6.45, 7) is 0. The van der Waals surface area contributed by atoms with Gasteiger partial charge in [0.2, 0.25) is 0 Å². The minimum Gasteiger partial charge on any atom is -0.387 e. The zero-order chi connectivity index (χ0) is 22.1. The van der Waals surface area contributed by atoms with E-state index in [2.05, 4.69) is 10.3 Å². The molecule has 0 bridgehead atoms. The summed E-state index contributed by atoms with van der Waals surface area (Å²) in [5.41, 5.74) is -2.91. The molecule has 2 aromatic rings. The number of carbonyl (C=O) groups excluding carboxylic acids is 1. The molecule has 1 saturated carbocycles. The van der Waals surface area contributed by atoms with Crippen molar-refractivity contribution in [3.05, 3.63) is 63.4 Å². The number of nitrogens with zero attached hydrogens (tertiary/aromatic N) is 1. The molecule has 0 aliphatic heterocycles. The van der Waals surface area contributed by atoms with Gasteiger partial charge in [-0.25, -0.2) is 9.37 Å². The second kappa shape index (κ2) is 8.69. The van der Waals surface area contributed by atoms with E-state index in [0.717, 1.165) is 6.20 Å². The van der Waals surface area contributed by atoms with Crippen LogP contribution in [0.5, 0.6) is 0 Å². The number of benzene rings is 1. The third-order valence-electron chi connectivity index (χ3n) is 5.19. The quantitative estimate of drug-likeness (QED) is 0.585. The van der Waals surface area contributed by atoms with Crippen LogP contribution in [-0.4, -0.2) is 27.8 Å². The summed E-state index contributed by atoms with van der Waals surface area (Å²) in [6, 6.07) is 5.95. The lowest BCUT2D eigenvalue weighted by Gasteiger charge is -2.40. The van der Waals surface area contributed by atoms with Crippen molar-refractivity contribution in [1.29, 1.82) is 0 Å². The second-order valence-electron chi connectivity index (χ2n) is 7.26. The molecule has 1 aliphatic rings. The highest BCUT2D eigenvalue weighted by molar-refractivity contribution is 6.34. The highest BCUT2D eigenvalue weighted by atomic mass is 35.5. The molecule has 0 radical (unpaired) electrons. The lowest BCUT2D eigenvalue weighted by atomic mass is 9.76. The number of pyridine rings is 1. The van der Waals surface area contributed by atoms with E-state index in [1.165, 1.54) is 6.07 Å². The van der Waals surface area contributed by atoms with Crippen LogP contribution in [0.15, 0.2) is 36.5 Å². The van der Waals surface area contributed by atoms with Gasteiger partial charge in [-0.1, -0.05) is 35.3 Å². The summed E-state index contributed by atoms with van der Waals surface area (Å²) in [5, 5.41) is 13.2. The molecule has 4 nitrogen and oxygen atoms in total. The molecule has 162 valence electrons. The standard InChI is InChI=1S/C20H18Cl2F4N2O2/c21-12-3-1-2-11(10-12)17(19(30)7-4-13(23)5-8-19)28-18(29)16-15(22)14(6-9-27-16)20(24,25)26/h1-3,6,9-10,13,17,30H,4-5,7-8H2,(H,28,29)/t13-,17-,19+/m1/s1. The number of halogens is 6. The second-order valence-corrected chi connectivity index (χ2v) is 8.07. The predicted molar refractivity (Wildman–Crippen MR) is 104 cm³/mol. The molecule has 1 heterocycles. The molecular weight excluding hydrogens is 447 g/mol. The van der Waals surface area contributed by atoms with Crippen LogP contribution in [0, 0.1) is 0 Å². The van der Waals surface area contributed by atoms with E-state index in [1.54, 1.807) is 18.2 Å². The van der Waals surface area contributed by atoms with Gasteiger partial charge in [0.25, 0.3) is 5.91 Å². The highest BCUT2D eigenvalue weighted by Gasteiger charge is 2.43. The van der Waals surface area contributed by atoms with Crippen LogP contribution in [-0.2, 0) is 6.18 Å². The van der Waals surface area contributed by atoms with Crippen molar-refractivity contribution >= 4 is 29.1 Å². The summed E-state index contributed by atoms with van der Waals surface area (Å²) in [5.74, 6) is -0.994. The van der Waals surface area contributed by atoms with Crippen molar-refractivity contribution in [2.24, 2.45) is 0 Å². The van der Waals surface area contributed by atoms with E-state index in [-0.39, 0.29) is 25.7 Å². The van der Waals surface area contributed by atoms with Crippen molar-refractivity contribution < 1.29 is 27.5 Å². The first-order valence-electron chi connectivity index (χ1n) is 9.16. The summed E-state index contributed by atoms with van der Waals surface area (Å²) in [4.78, 5) is 16.5. The Hall–Kier alpha value is -1.90. The molecule has 1 aromatic carbocycles. The Morgan fingerprint density at radius 2 is 1.90 bits per heavy atom. The first-order chi connectivity index (χ1) is 14.0. The van der Waals surface area contributed by atoms with Crippen molar-refractivity contribution in [3.63, 3.8) is 0 Å². The fraction of sp³-hybridized carbons (Fsp3) is 0.400. The van der Waals surface area contributed by atoms with E-state index in [0.29, 0.717) is 16.7 Å². The molecule has 1 fully saturated rings. The van der Waals surface area contributed by atoms with Gasteiger partial charge in [-0.15, -0.1) is 0 Å². The Morgan fingerprint density at radius 3 is 2.50 bits per heavy atom. The third kappa shape index (κ3) is 4.87. The molecular formula is C20H18Cl2F4N2O2. The SMILES string of the molecule is O=C(N[C@H](c1cccc(Cl)c1)[C@]1(O)CC[C@@H](F)CC1)c1nccc(C(F)(F)F)c1Cl. The molecule has 2 N–H and O–H groups in total. The maximum Gasteiger partial charge on any atom is 0.417 e. The van der Waals surface area contributed by atoms with Crippen LogP contribution in [0.4, 0.5) is 17.6 Å². The lowest BCUT2D eigenvalue weighted by molar-refractivity contribution is -0.137. The average molecular weight is 465 g/mol. The van der Waals surface area contributed by atoms with Crippen molar-refractivity contribution in [2.75, 3.05) is 0 Å². The minimum absolute atomic E-state index is 0.0510. The van der Waals surface area contributed by atoms with Gasteiger partial charge in [0.1, 0.15) is 11.9 Å². The number of hydrogen-bond donors (Lipinski definition) is 2. The lowest BCUT2D eigenvalue weighted by Crippen LogP contribution is -2.48. The number of hydrogen-bond acceptors (Lipinski definition) is 3. The normalized spacial score (nSPS) is 23.1. The first kappa shape index (κ1) is 22.8. The number of alkyl halides is 4. The Kier molecular flexibility index (Phi) is 6.60. The van der Waals surface area contributed by atoms with Gasteiger partial charge in [0.15, 0.2) is 0 Å². The fourth-order valence-electron chi connectivity index (χ4n) is 3.61. The van der Waals surface area contributed by atoms with E-state index >= 15 is 0 Å². The molecule has 30 heavy (non-hydrogen) atoms. The molecule has 1 aromatic heterocycles. The fourth-order valence-corrected chi connectivity index (χ4v) is 4.11.